The first kappa shape index (κ1) is 23.1. The molecule has 6 nitrogen and oxygen atoms in total. The Kier molecular flexibility index (Phi) is 7.93. The van der Waals surface area contributed by atoms with Crippen LogP contribution >= 0.6 is 0 Å². The van der Waals surface area contributed by atoms with Crippen LogP contribution in [-0.2, 0) is 9.47 Å². The molecular weight excluding hydrogens is 424 g/mol. The molecule has 0 spiro atoms. The first-order valence-electron chi connectivity index (χ1n) is 12.4. The first-order chi connectivity index (χ1) is 16.9. The van der Waals surface area contributed by atoms with Crippen LogP contribution in [0.2, 0.25) is 0 Å². The summed E-state index contributed by atoms with van der Waals surface area (Å²) in [5.74, 6) is 0. The van der Waals surface area contributed by atoms with E-state index in [0.717, 1.165) is 78.8 Å². The number of rotatable bonds is 8. The van der Waals surface area contributed by atoms with Gasteiger partial charge in [0, 0.05) is 62.8 Å². The van der Waals surface area contributed by atoms with Crippen LogP contribution in [0.15, 0.2) is 58.5 Å². The molecule has 2 saturated heterocycles. The van der Waals surface area contributed by atoms with Gasteiger partial charge in [-0.2, -0.15) is 0 Å². The zero-order valence-electron chi connectivity index (χ0n) is 19.9. The molecule has 0 bridgehead atoms. The monoisotopic (exact) mass is 458 g/mol. The predicted molar refractivity (Wildman–Crippen MR) is 141 cm³/mol. The van der Waals surface area contributed by atoms with E-state index in [2.05, 4.69) is 70.8 Å². The van der Waals surface area contributed by atoms with Crippen molar-refractivity contribution in [3.05, 3.63) is 59.7 Å². The third kappa shape index (κ3) is 5.53. The highest BCUT2D eigenvalue weighted by molar-refractivity contribution is 6.21. The summed E-state index contributed by atoms with van der Waals surface area (Å²) in [6.07, 6.45) is 4.15. The van der Waals surface area contributed by atoms with Gasteiger partial charge in [-0.1, -0.05) is 48.5 Å². The number of benzene rings is 3. The molecule has 0 N–H and O–H groups in total. The molecule has 0 atom stereocenters. The molecule has 0 aromatic heterocycles. The quantitative estimate of drug-likeness (QED) is 0.383. The fraction of sp³-hybridized carbons (Fsp3) is 0.429. The minimum absolute atomic E-state index is 0.799. The lowest BCUT2D eigenvalue weighted by molar-refractivity contribution is 0.0394. The highest BCUT2D eigenvalue weighted by Crippen LogP contribution is 2.31. The maximum atomic E-state index is 5.45. The van der Waals surface area contributed by atoms with E-state index in [1.54, 1.807) is 0 Å². The number of ether oxygens (including phenoxy) is 2. The zero-order chi connectivity index (χ0) is 23.0. The van der Waals surface area contributed by atoms with Crippen molar-refractivity contribution in [2.24, 2.45) is 9.98 Å². The van der Waals surface area contributed by atoms with Crippen molar-refractivity contribution >= 4 is 34.0 Å². The highest BCUT2D eigenvalue weighted by atomic mass is 16.5. The molecule has 3 aromatic rings. The minimum Gasteiger partial charge on any atom is -0.379 e. The lowest BCUT2D eigenvalue weighted by Gasteiger charge is -2.25. The molecule has 2 fully saturated rings. The average Bonchev–Trinajstić information content (AvgIpc) is 2.90. The SMILES string of the molecule is C(=N\CCN1CCOCC1)/c1c2ccccc2c(/C=N/CCN2CCOCC2)c2ccccc12. The van der Waals surface area contributed by atoms with Crippen LogP contribution in [-0.4, -0.2) is 101 Å². The number of aliphatic imine (C=N–C) groups is 2. The smallest absolute Gasteiger partial charge is 0.0594 e. The Morgan fingerprint density at radius 3 is 1.29 bits per heavy atom. The molecule has 178 valence electrons. The van der Waals surface area contributed by atoms with Gasteiger partial charge in [-0.15, -0.1) is 0 Å². The molecule has 0 saturated carbocycles. The van der Waals surface area contributed by atoms with E-state index in [0.29, 0.717) is 0 Å². The van der Waals surface area contributed by atoms with Crippen molar-refractivity contribution in [1.82, 2.24) is 9.80 Å². The van der Waals surface area contributed by atoms with Gasteiger partial charge in [0.2, 0.25) is 0 Å². The van der Waals surface area contributed by atoms with Crippen molar-refractivity contribution in [2.45, 2.75) is 0 Å². The van der Waals surface area contributed by atoms with Crippen LogP contribution in [0.5, 0.6) is 0 Å². The summed E-state index contributed by atoms with van der Waals surface area (Å²) in [7, 11) is 0. The second-order valence-electron chi connectivity index (χ2n) is 8.90. The lowest BCUT2D eigenvalue weighted by Crippen LogP contribution is -2.37. The summed E-state index contributed by atoms with van der Waals surface area (Å²) in [6, 6.07) is 17.3. The summed E-state index contributed by atoms with van der Waals surface area (Å²) in [5.41, 5.74) is 2.39. The predicted octanol–water partition coefficient (Wildman–Crippen LogP) is 3.50. The summed E-state index contributed by atoms with van der Waals surface area (Å²) in [4.78, 5) is 14.5. The third-order valence-electron chi connectivity index (χ3n) is 6.75. The Bertz CT molecular complexity index is 1000. The fourth-order valence-electron chi connectivity index (χ4n) is 4.83. The van der Waals surface area contributed by atoms with Gasteiger partial charge in [-0.25, -0.2) is 0 Å². The number of hydrogen-bond acceptors (Lipinski definition) is 6. The maximum Gasteiger partial charge on any atom is 0.0594 e. The van der Waals surface area contributed by atoms with Crippen LogP contribution < -0.4 is 0 Å². The Morgan fingerprint density at radius 1 is 0.588 bits per heavy atom. The normalized spacial score (nSPS) is 18.6. The molecular formula is C28H34N4O2. The Labute approximate surface area is 201 Å². The molecule has 0 amide bonds. The molecule has 2 heterocycles. The van der Waals surface area contributed by atoms with Crippen LogP contribution in [0, 0.1) is 0 Å². The largest absolute Gasteiger partial charge is 0.379 e. The maximum absolute atomic E-state index is 5.45. The standard InChI is InChI=1S/C28H34N4O2/c1-2-6-24-23(5-1)27(21-29-9-11-31-13-17-33-18-14-31)25-7-3-4-8-26(25)28(24)22-30-10-12-32-15-19-34-20-16-32/h1-8,21-22H,9-20H2/b29-21+,30-22+. The van der Waals surface area contributed by atoms with Crippen LogP contribution in [0.4, 0.5) is 0 Å². The summed E-state index contributed by atoms with van der Waals surface area (Å²) >= 11 is 0. The van der Waals surface area contributed by atoms with E-state index in [9.17, 15) is 0 Å². The van der Waals surface area contributed by atoms with Crippen molar-refractivity contribution in [1.29, 1.82) is 0 Å². The van der Waals surface area contributed by atoms with Gasteiger partial charge in [-0.05, 0) is 21.5 Å². The zero-order valence-corrected chi connectivity index (χ0v) is 19.9. The first-order valence-corrected chi connectivity index (χ1v) is 12.4. The van der Waals surface area contributed by atoms with E-state index < -0.39 is 0 Å². The summed E-state index contributed by atoms with van der Waals surface area (Å²) < 4.78 is 10.9. The van der Waals surface area contributed by atoms with Crippen molar-refractivity contribution in [2.75, 3.05) is 78.8 Å². The third-order valence-corrected chi connectivity index (χ3v) is 6.75. The van der Waals surface area contributed by atoms with Gasteiger partial charge in [0.15, 0.2) is 0 Å². The van der Waals surface area contributed by atoms with Gasteiger partial charge >= 0.3 is 0 Å². The topological polar surface area (TPSA) is 49.7 Å². The number of morpholine rings is 2. The second kappa shape index (κ2) is 11.7. The molecule has 3 aromatic carbocycles. The van der Waals surface area contributed by atoms with Crippen molar-refractivity contribution in [3.8, 4) is 0 Å². The second-order valence-corrected chi connectivity index (χ2v) is 8.90. The molecule has 2 aliphatic rings. The minimum atomic E-state index is 0.799. The van der Waals surface area contributed by atoms with E-state index >= 15 is 0 Å². The van der Waals surface area contributed by atoms with Gasteiger partial charge in [0.1, 0.15) is 0 Å². The van der Waals surface area contributed by atoms with Gasteiger partial charge in [-0.3, -0.25) is 19.8 Å². The van der Waals surface area contributed by atoms with Crippen LogP contribution in [0.3, 0.4) is 0 Å². The van der Waals surface area contributed by atoms with Crippen LogP contribution in [0.1, 0.15) is 11.1 Å². The Hall–Kier alpha value is -2.64. The highest BCUT2D eigenvalue weighted by Gasteiger charge is 2.13. The fourth-order valence-corrected chi connectivity index (χ4v) is 4.83. The van der Waals surface area contributed by atoms with Gasteiger partial charge in [0.25, 0.3) is 0 Å². The van der Waals surface area contributed by atoms with E-state index in [1.165, 1.54) is 32.7 Å². The molecule has 0 unspecified atom stereocenters. The van der Waals surface area contributed by atoms with E-state index in [4.69, 9.17) is 19.5 Å². The molecule has 0 aliphatic carbocycles. The average molecular weight is 459 g/mol. The van der Waals surface area contributed by atoms with Crippen molar-refractivity contribution < 1.29 is 9.47 Å². The Morgan fingerprint density at radius 2 is 0.941 bits per heavy atom. The Balaban J connectivity index is 1.39. The van der Waals surface area contributed by atoms with Gasteiger partial charge in [0.05, 0.1) is 39.5 Å². The molecule has 34 heavy (non-hydrogen) atoms. The van der Waals surface area contributed by atoms with E-state index in [-0.39, 0.29) is 0 Å². The van der Waals surface area contributed by atoms with Crippen LogP contribution in [0.25, 0.3) is 21.5 Å². The molecule has 5 rings (SSSR count). The summed E-state index contributed by atoms with van der Waals surface area (Å²) in [5, 5.41) is 4.91. The van der Waals surface area contributed by atoms with Gasteiger partial charge < -0.3 is 9.47 Å². The lowest BCUT2D eigenvalue weighted by atomic mass is 9.92. The van der Waals surface area contributed by atoms with E-state index in [1.807, 2.05) is 0 Å². The number of fused-ring (bicyclic) bond motifs is 2. The molecule has 6 heteroatoms. The van der Waals surface area contributed by atoms with Crippen molar-refractivity contribution in [3.63, 3.8) is 0 Å². The number of nitrogens with zero attached hydrogens (tertiary/aromatic N) is 4. The number of hydrogen-bond donors (Lipinski definition) is 0. The molecule has 2 aliphatic heterocycles. The summed E-state index contributed by atoms with van der Waals surface area (Å²) in [6.45, 7) is 10.9. The molecule has 0 radical (unpaired) electrons.